The van der Waals surface area contributed by atoms with E-state index in [-0.39, 0.29) is 11.6 Å². The van der Waals surface area contributed by atoms with E-state index in [1.165, 1.54) is 12.8 Å². The molecule has 0 bridgehead atoms. The molecule has 0 radical (unpaired) electrons. The maximum Gasteiger partial charge on any atom is 0.277 e. The van der Waals surface area contributed by atoms with Crippen LogP contribution in [-0.2, 0) is 13.5 Å². The van der Waals surface area contributed by atoms with Crippen molar-refractivity contribution in [1.82, 2.24) is 24.9 Å². The highest BCUT2D eigenvalue weighted by atomic mass is 16.5. The van der Waals surface area contributed by atoms with Gasteiger partial charge in [-0.15, -0.1) is 0 Å². The van der Waals surface area contributed by atoms with Crippen LogP contribution in [0, 0.1) is 5.92 Å². The summed E-state index contributed by atoms with van der Waals surface area (Å²) in [6.45, 7) is 0. The Bertz CT molecular complexity index is 863. The molecule has 1 fully saturated rings. The Morgan fingerprint density at radius 2 is 2.17 bits per heavy atom. The zero-order valence-electron chi connectivity index (χ0n) is 13.1. The second-order valence-corrected chi connectivity index (χ2v) is 5.94. The third-order valence-electron chi connectivity index (χ3n) is 3.84. The average molecular weight is 324 g/mol. The van der Waals surface area contributed by atoms with Gasteiger partial charge in [0.2, 0.25) is 0 Å². The average Bonchev–Trinajstić information content (AvgIpc) is 3.08. The molecule has 0 spiro atoms. The van der Waals surface area contributed by atoms with Crippen LogP contribution < -0.4 is 5.32 Å². The lowest BCUT2D eigenvalue weighted by Gasteiger charge is -2.03. The van der Waals surface area contributed by atoms with Gasteiger partial charge < -0.3 is 9.84 Å². The number of nitrogens with zero attached hydrogens (tertiary/aromatic N) is 5. The van der Waals surface area contributed by atoms with E-state index in [0.717, 1.165) is 18.2 Å². The van der Waals surface area contributed by atoms with Crippen LogP contribution in [0.3, 0.4) is 0 Å². The highest BCUT2D eigenvalue weighted by Gasteiger charge is 2.22. The second-order valence-electron chi connectivity index (χ2n) is 5.94. The van der Waals surface area contributed by atoms with Gasteiger partial charge in [-0.3, -0.25) is 9.48 Å². The summed E-state index contributed by atoms with van der Waals surface area (Å²) in [5.41, 5.74) is 1.33. The fourth-order valence-corrected chi connectivity index (χ4v) is 2.35. The summed E-state index contributed by atoms with van der Waals surface area (Å²) < 4.78 is 6.83. The number of rotatable bonds is 5. The molecule has 1 saturated carbocycles. The standard InChI is InChI=1S/C16H16N6O2/c1-22-5-4-12(20-22)14-7-13(21-24-14)16(23)19-11-8-17-15(18-9-11)6-10-2-3-10/h4-5,7-10H,2-3,6H2,1H3,(H,19,23). The number of carbonyl (C=O) groups is 1. The van der Waals surface area contributed by atoms with E-state index in [1.807, 2.05) is 0 Å². The van der Waals surface area contributed by atoms with Gasteiger partial charge in [0.15, 0.2) is 11.5 Å². The van der Waals surface area contributed by atoms with Crippen molar-refractivity contribution in [3.63, 3.8) is 0 Å². The van der Waals surface area contributed by atoms with E-state index >= 15 is 0 Å². The van der Waals surface area contributed by atoms with Crippen molar-refractivity contribution >= 4 is 11.6 Å². The van der Waals surface area contributed by atoms with Crippen LogP contribution in [0.4, 0.5) is 5.69 Å². The summed E-state index contributed by atoms with van der Waals surface area (Å²) >= 11 is 0. The molecule has 24 heavy (non-hydrogen) atoms. The van der Waals surface area contributed by atoms with Gasteiger partial charge in [-0.25, -0.2) is 9.97 Å². The van der Waals surface area contributed by atoms with Gasteiger partial charge in [-0.05, 0) is 24.8 Å². The van der Waals surface area contributed by atoms with Gasteiger partial charge in [0.05, 0.1) is 18.1 Å². The van der Waals surface area contributed by atoms with Crippen molar-refractivity contribution in [2.24, 2.45) is 13.0 Å². The summed E-state index contributed by atoms with van der Waals surface area (Å²) in [4.78, 5) is 20.8. The number of hydrogen-bond donors (Lipinski definition) is 1. The lowest BCUT2D eigenvalue weighted by Crippen LogP contribution is -2.13. The molecule has 0 saturated heterocycles. The number of aromatic nitrogens is 5. The van der Waals surface area contributed by atoms with Crippen molar-refractivity contribution < 1.29 is 9.32 Å². The molecule has 1 amide bonds. The molecule has 3 heterocycles. The highest BCUT2D eigenvalue weighted by Crippen LogP contribution is 2.31. The van der Waals surface area contributed by atoms with Crippen LogP contribution in [0.2, 0.25) is 0 Å². The maximum atomic E-state index is 12.2. The molecule has 0 unspecified atom stereocenters. The lowest BCUT2D eigenvalue weighted by molar-refractivity contribution is 0.101. The predicted octanol–water partition coefficient (Wildman–Crippen LogP) is 2.07. The summed E-state index contributed by atoms with van der Waals surface area (Å²) in [5, 5.41) is 10.7. The zero-order chi connectivity index (χ0) is 16.5. The molecule has 1 aliphatic carbocycles. The number of anilines is 1. The molecule has 1 aliphatic rings. The van der Waals surface area contributed by atoms with E-state index < -0.39 is 0 Å². The summed E-state index contributed by atoms with van der Waals surface area (Å²) in [6, 6.07) is 3.34. The monoisotopic (exact) mass is 324 g/mol. The Morgan fingerprint density at radius 1 is 1.38 bits per heavy atom. The molecular weight excluding hydrogens is 308 g/mol. The largest absolute Gasteiger partial charge is 0.354 e. The van der Waals surface area contributed by atoms with Gasteiger partial charge in [0.1, 0.15) is 11.5 Å². The van der Waals surface area contributed by atoms with E-state index in [0.29, 0.717) is 17.1 Å². The fourth-order valence-electron chi connectivity index (χ4n) is 2.35. The SMILES string of the molecule is Cn1ccc(-c2cc(C(=O)Nc3cnc(CC4CC4)nc3)no2)n1. The molecule has 0 atom stereocenters. The Hall–Kier alpha value is -3.03. The minimum absolute atomic E-state index is 0.178. The van der Waals surface area contributed by atoms with Crippen molar-refractivity contribution in [3.8, 4) is 11.5 Å². The minimum Gasteiger partial charge on any atom is -0.354 e. The molecule has 3 aromatic heterocycles. The maximum absolute atomic E-state index is 12.2. The van der Waals surface area contributed by atoms with Crippen LogP contribution >= 0.6 is 0 Å². The zero-order valence-corrected chi connectivity index (χ0v) is 13.1. The van der Waals surface area contributed by atoms with Crippen molar-refractivity contribution in [2.75, 3.05) is 5.32 Å². The van der Waals surface area contributed by atoms with Crippen LogP contribution in [0.15, 0.2) is 35.2 Å². The predicted molar refractivity (Wildman–Crippen MR) is 85.1 cm³/mol. The Balaban J connectivity index is 1.43. The molecule has 8 nitrogen and oxygen atoms in total. The molecule has 4 rings (SSSR count). The van der Waals surface area contributed by atoms with E-state index in [9.17, 15) is 4.79 Å². The second kappa shape index (κ2) is 5.88. The number of nitrogens with one attached hydrogen (secondary N) is 1. The van der Waals surface area contributed by atoms with Gasteiger partial charge >= 0.3 is 0 Å². The van der Waals surface area contributed by atoms with Crippen LogP contribution in [0.25, 0.3) is 11.5 Å². The highest BCUT2D eigenvalue weighted by molar-refractivity contribution is 6.03. The van der Waals surface area contributed by atoms with E-state index in [1.54, 1.807) is 42.5 Å². The van der Waals surface area contributed by atoms with Crippen LogP contribution in [0.5, 0.6) is 0 Å². The van der Waals surface area contributed by atoms with Gasteiger partial charge in [0.25, 0.3) is 5.91 Å². The topological polar surface area (TPSA) is 98.7 Å². The van der Waals surface area contributed by atoms with E-state index in [4.69, 9.17) is 4.52 Å². The molecular formula is C16H16N6O2. The fraction of sp³-hybridized carbons (Fsp3) is 0.312. The van der Waals surface area contributed by atoms with Crippen molar-refractivity contribution in [3.05, 3.63) is 42.2 Å². The smallest absolute Gasteiger partial charge is 0.277 e. The quantitative estimate of drug-likeness (QED) is 0.771. The third-order valence-corrected chi connectivity index (χ3v) is 3.84. The number of carbonyl (C=O) groups excluding carboxylic acids is 1. The van der Waals surface area contributed by atoms with Gasteiger partial charge in [-0.1, -0.05) is 5.16 Å². The number of hydrogen-bond acceptors (Lipinski definition) is 6. The van der Waals surface area contributed by atoms with E-state index in [2.05, 4.69) is 25.5 Å². The number of aryl methyl sites for hydroxylation is 1. The molecule has 0 aromatic carbocycles. The first-order valence-corrected chi connectivity index (χ1v) is 7.76. The Kier molecular flexibility index (Phi) is 3.56. The van der Waals surface area contributed by atoms with Crippen molar-refractivity contribution in [2.45, 2.75) is 19.3 Å². The first-order chi connectivity index (χ1) is 11.7. The molecule has 3 aromatic rings. The van der Waals surface area contributed by atoms with Crippen molar-refractivity contribution in [1.29, 1.82) is 0 Å². The first kappa shape index (κ1) is 14.6. The van der Waals surface area contributed by atoms with Crippen LogP contribution in [-0.4, -0.2) is 30.8 Å². The molecule has 1 N–H and O–H groups in total. The molecule has 122 valence electrons. The first-order valence-electron chi connectivity index (χ1n) is 7.76. The Morgan fingerprint density at radius 3 is 2.83 bits per heavy atom. The van der Waals surface area contributed by atoms with Gasteiger partial charge in [-0.2, -0.15) is 5.10 Å². The number of amides is 1. The summed E-state index contributed by atoms with van der Waals surface area (Å²) in [6.07, 6.45) is 8.44. The normalized spacial score (nSPS) is 13.9. The third kappa shape index (κ3) is 3.17. The summed E-state index contributed by atoms with van der Waals surface area (Å²) in [7, 11) is 1.81. The molecule has 0 aliphatic heterocycles. The Labute approximate surface area is 137 Å². The minimum atomic E-state index is -0.375. The lowest BCUT2D eigenvalue weighted by atomic mass is 10.3. The van der Waals surface area contributed by atoms with Gasteiger partial charge in [0, 0.05) is 25.7 Å². The summed E-state index contributed by atoms with van der Waals surface area (Å²) in [5.74, 6) is 1.61. The van der Waals surface area contributed by atoms with Crippen LogP contribution in [0.1, 0.15) is 29.2 Å². The molecule has 8 heteroatoms.